The zero-order chi connectivity index (χ0) is 16.9. The Labute approximate surface area is 147 Å². The average Bonchev–Trinajstić information content (AvgIpc) is 3.02. The van der Waals surface area contributed by atoms with E-state index in [0.29, 0.717) is 11.5 Å². The molecule has 1 heterocycles. The molecule has 2 aromatic carbocycles. The van der Waals surface area contributed by atoms with E-state index in [0.717, 1.165) is 24.3 Å². The van der Waals surface area contributed by atoms with Crippen molar-refractivity contribution in [3.05, 3.63) is 60.2 Å². The van der Waals surface area contributed by atoms with Crippen molar-refractivity contribution in [3.8, 4) is 0 Å². The highest BCUT2D eigenvalue weighted by atomic mass is 32.1. The fourth-order valence-electron chi connectivity index (χ4n) is 2.83. The van der Waals surface area contributed by atoms with Gasteiger partial charge >= 0.3 is 0 Å². The first-order valence-electron chi connectivity index (χ1n) is 8.16. The van der Waals surface area contributed by atoms with Crippen LogP contribution in [0.1, 0.15) is 31.4 Å². The predicted octanol–water partition coefficient (Wildman–Crippen LogP) is 3.86. The molecule has 124 valence electrons. The van der Waals surface area contributed by atoms with E-state index in [9.17, 15) is 4.79 Å². The summed E-state index contributed by atoms with van der Waals surface area (Å²) >= 11 is 5.38. The predicted molar refractivity (Wildman–Crippen MR) is 102 cm³/mol. The molecule has 0 saturated carbocycles. The molecular weight excluding hydrogens is 318 g/mol. The lowest BCUT2D eigenvalue weighted by Gasteiger charge is -2.19. The summed E-state index contributed by atoms with van der Waals surface area (Å²) in [6.07, 6.45) is 1.58. The smallest absolute Gasteiger partial charge is 0.227 e. The quantitative estimate of drug-likeness (QED) is 0.830. The van der Waals surface area contributed by atoms with Gasteiger partial charge in [-0.1, -0.05) is 30.3 Å². The molecule has 0 aromatic heterocycles. The summed E-state index contributed by atoms with van der Waals surface area (Å²) in [5.41, 5.74) is 3.03. The molecule has 0 spiro atoms. The lowest BCUT2D eigenvalue weighted by atomic mass is 10.1. The number of nitrogens with one attached hydrogen (secondary N) is 2. The summed E-state index contributed by atoms with van der Waals surface area (Å²) in [7, 11) is 0. The Balaban J connectivity index is 1.57. The molecule has 2 aromatic rings. The van der Waals surface area contributed by atoms with Crippen LogP contribution < -0.4 is 15.5 Å². The minimum Gasteiger partial charge on any atom is -0.356 e. The lowest BCUT2D eigenvalue weighted by molar-refractivity contribution is -0.117. The number of anilines is 2. The minimum absolute atomic E-state index is 0.132. The van der Waals surface area contributed by atoms with Gasteiger partial charge < -0.3 is 15.5 Å². The Morgan fingerprint density at radius 1 is 1.12 bits per heavy atom. The second-order valence-electron chi connectivity index (χ2n) is 5.93. The van der Waals surface area contributed by atoms with E-state index in [-0.39, 0.29) is 11.9 Å². The van der Waals surface area contributed by atoms with Gasteiger partial charge in [-0.05, 0) is 55.4 Å². The van der Waals surface area contributed by atoms with Crippen LogP contribution in [0, 0.1) is 0 Å². The fourth-order valence-corrected chi connectivity index (χ4v) is 3.13. The monoisotopic (exact) mass is 339 g/mol. The van der Waals surface area contributed by atoms with E-state index in [1.54, 1.807) is 0 Å². The molecule has 1 atom stereocenters. The Bertz CT molecular complexity index is 715. The number of thiocarbonyl (C=S) groups is 1. The first-order valence-corrected chi connectivity index (χ1v) is 8.57. The van der Waals surface area contributed by atoms with Crippen LogP contribution in [0.5, 0.6) is 0 Å². The van der Waals surface area contributed by atoms with Gasteiger partial charge in [0.25, 0.3) is 0 Å². The zero-order valence-corrected chi connectivity index (χ0v) is 14.5. The second-order valence-corrected chi connectivity index (χ2v) is 6.33. The topological polar surface area (TPSA) is 44.4 Å². The normalized spacial score (nSPS) is 15.2. The van der Waals surface area contributed by atoms with Crippen molar-refractivity contribution in [3.63, 3.8) is 0 Å². The molecule has 1 fully saturated rings. The maximum atomic E-state index is 11.8. The van der Waals surface area contributed by atoms with Gasteiger partial charge in [-0.2, -0.15) is 0 Å². The molecule has 4 nitrogen and oxygen atoms in total. The van der Waals surface area contributed by atoms with Crippen molar-refractivity contribution >= 4 is 34.6 Å². The van der Waals surface area contributed by atoms with Crippen LogP contribution in [-0.2, 0) is 4.79 Å². The van der Waals surface area contributed by atoms with Crippen molar-refractivity contribution in [1.82, 2.24) is 5.32 Å². The average molecular weight is 339 g/mol. The first-order chi connectivity index (χ1) is 11.6. The van der Waals surface area contributed by atoms with Crippen LogP contribution in [-0.4, -0.2) is 17.6 Å². The van der Waals surface area contributed by atoms with Crippen LogP contribution in [0.25, 0.3) is 0 Å². The Morgan fingerprint density at radius 3 is 2.46 bits per heavy atom. The molecule has 1 aliphatic heterocycles. The third-order valence-corrected chi connectivity index (χ3v) is 4.38. The molecule has 0 unspecified atom stereocenters. The molecule has 3 rings (SSSR count). The molecule has 2 N–H and O–H groups in total. The van der Waals surface area contributed by atoms with Gasteiger partial charge in [-0.15, -0.1) is 0 Å². The SMILES string of the molecule is C[C@H](NC(=S)Nc1ccc(N2CCCC2=O)cc1)c1ccccc1. The number of nitrogens with zero attached hydrogens (tertiary/aromatic N) is 1. The van der Waals surface area contributed by atoms with Gasteiger partial charge in [-0.3, -0.25) is 4.79 Å². The highest BCUT2D eigenvalue weighted by Gasteiger charge is 2.21. The number of carbonyl (C=O) groups is 1. The molecule has 0 radical (unpaired) electrons. The van der Waals surface area contributed by atoms with Gasteiger partial charge in [0.05, 0.1) is 6.04 Å². The summed E-state index contributed by atoms with van der Waals surface area (Å²) in [5.74, 6) is 0.199. The Hall–Kier alpha value is -2.40. The Morgan fingerprint density at radius 2 is 1.83 bits per heavy atom. The van der Waals surface area contributed by atoms with E-state index >= 15 is 0 Å². The number of rotatable bonds is 4. The summed E-state index contributed by atoms with van der Waals surface area (Å²) < 4.78 is 0. The number of hydrogen-bond acceptors (Lipinski definition) is 2. The summed E-state index contributed by atoms with van der Waals surface area (Å²) in [5, 5.41) is 7.05. The van der Waals surface area contributed by atoms with Gasteiger partial charge in [-0.25, -0.2) is 0 Å². The molecule has 5 heteroatoms. The van der Waals surface area contributed by atoms with Crippen molar-refractivity contribution in [2.75, 3.05) is 16.8 Å². The fraction of sp³-hybridized carbons (Fsp3) is 0.263. The van der Waals surface area contributed by atoms with Crippen LogP contribution in [0.15, 0.2) is 54.6 Å². The van der Waals surface area contributed by atoms with Crippen molar-refractivity contribution in [2.45, 2.75) is 25.8 Å². The molecule has 1 amide bonds. The summed E-state index contributed by atoms with van der Waals surface area (Å²) in [6.45, 7) is 2.88. The standard InChI is InChI=1S/C19H21N3OS/c1-14(15-6-3-2-4-7-15)20-19(24)21-16-9-11-17(12-10-16)22-13-5-8-18(22)23/h2-4,6-7,9-12,14H,5,8,13H2,1H3,(H2,20,21,24)/t14-/m0/s1. The number of benzene rings is 2. The molecule has 1 saturated heterocycles. The van der Waals surface area contributed by atoms with E-state index in [4.69, 9.17) is 12.2 Å². The number of hydrogen-bond donors (Lipinski definition) is 2. The highest BCUT2D eigenvalue weighted by molar-refractivity contribution is 7.80. The largest absolute Gasteiger partial charge is 0.356 e. The van der Waals surface area contributed by atoms with Gasteiger partial charge in [0.15, 0.2) is 5.11 Å². The van der Waals surface area contributed by atoms with Crippen LogP contribution in [0.4, 0.5) is 11.4 Å². The zero-order valence-electron chi connectivity index (χ0n) is 13.7. The maximum absolute atomic E-state index is 11.8. The van der Waals surface area contributed by atoms with Crippen LogP contribution in [0.3, 0.4) is 0 Å². The number of amides is 1. The van der Waals surface area contributed by atoms with Gasteiger partial charge in [0, 0.05) is 24.3 Å². The summed E-state index contributed by atoms with van der Waals surface area (Å²) in [4.78, 5) is 13.6. The van der Waals surface area contributed by atoms with Gasteiger partial charge in [0.2, 0.25) is 5.91 Å². The Kier molecular flexibility index (Phi) is 5.11. The first kappa shape index (κ1) is 16.5. The van der Waals surface area contributed by atoms with Crippen molar-refractivity contribution in [1.29, 1.82) is 0 Å². The van der Waals surface area contributed by atoms with E-state index in [2.05, 4.69) is 29.7 Å². The van der Waals surface area contributed by atoms with E-state index < -0.39 is 0 Å². The summed E-state index contributed by atoms with van der Waals surface area (Å²) in [6, 6.07) is 18.1. The second kappa shape index (κ2) is 7.45. The molecular formula is C19H21N3OS. The number of carbonyl (C=O) groups excluding carboxylic acids is 1. The highest BCUT2D eigenvalue weighted by Crippen LogP contribution is 2.23. The third kappa shape index (κ3) is 3.92. The van der Waals surface area contributed by atoms with Gasteiger partial charge in [0.1, 0.15) is 0 Å². The third-order valence-electron chi connectivity index (χ3n) is 4.16. The van der Waals surface area contributed by atoms with E-state index in [1.807, 2.05) is 47.4 Å². The molecule has 0 aliphatic carbocycles. The maximum Gasteiger partial charge on any atom is 0.227 e. The van der Waals surface area contributed by atoms with Crippen LogP contribution in [0.2, 0.25) is 0 Å². The molecule has 1 aliphatic rings. The van der Waals surface area contributed by atoms with Crippen molar-refractivity contribution < 1.29 is 4.79 Å². The molecule has 24 heavy (non-hydrogen) atoms. The van der Waals surface area contributed by atoms with Crippen LogP contribution >= 0.6 is 12.2 Å². The van der Waals surface area contributed by atoms with Crippen molar-refractivity contribution in [2.24, 2.45) is 0 Å². The molecule has 0 bridgehead atoms. The van der Waals surface area contributed by atoms with E-state index in [1.165, 1.54) is 5.56 Å². The lowest BCUT2D eigenvalue weighted by Crippen LogP contribution is -2.30. The minimum atomic E-state index is 0.132.